The molecular weight excluding hydrogens is 273 g/mol. The number of aliphatic hydroxyl groups is 1. The number of methoxy groups -OCH3 is 1. The maximum atomic E-state index is 13.6. The van der Waals surface area contributed by atoms with Crippen LogP contribution in [0.3, 0.4) is 0 Å². The molecule has 0 saturated heterocycles. The Morgan fingerprint density at radius 2 is 2.00 bits per heavy atom. The van der Waals surface area contributed by atoms with Crippen molar-refractivity contribution in [3.05, 3.63) is 59.9 Å². The largest absolute Gasteiger partial charge is 0.497 e. The van der Waals surface area contributed by atoms with Gasteiger partial charge in [0.1, 0.15) is 11.6 Å². The molecule has 0 heterocycles. The average molecular weight is 289 g/mol. The van der Waals surface area contributed by atoms with Crippen LogP contribution in [0.4, 0.5) is 10.1 Å². The van der Waals surface area contributed by atoms with E-state index in [2.05, 4.69) is 5.32 Å². The van der Waals surface area contributed by atoms with E-state index in [0.717, 1.165) is 0 Å². The minimum absolute atomic E-state index is 0.0274. The summed E-state index contributed by atoms with van der Waals surface area (Å²) in [4.78, 5) is 11.9. The summed E-state index contributed by atoms with van der Waals surface area (Å²) in [7, 11) is 1.46. The first kappa shape index (κ1) is 15.0. The second-order valence-corrected chi connectivity index (χ2v) is 4.52. The maximum absolute atomic E-state index is 13.6. The zero-order valence-electron chi connectivity index (χ0n) is 11.5. The molecule has 0 bridgehead atoms. The Morgan fingerprint density at radius 1 is 1.29 bits per heavy atom. The number of hydrogen-bond acceptors (Lipinski definition) is 3. The zero-order valence-corrected chi connectivity index (χ0v) is 11.5. The summed E-state index contributed by atoms with van der Waals surface area (Å²) < 4.78 is 18.6. The van der Waals surface area contributed by atoms with Gasteiger partial charge in [-0.3, -0.25) is 4.79 Å². The summed E-state index contributed by atoms with van der Waals surface area (Å²) in [5.41, 5.74) is 0.665. The second kappa shape index (κ2) is 6.85. The van der Waals surface area contributed by atoms with E-state index < -0.39 is 17.8 Å². The molecule has 0 radical (unpaired) electrons. The van der Waals surface area contributed by atoms with Crippen molar-refractivity contribution in [2.75, 3.05) is 12.4 Å². The minimum Gasteiger partial charge on any atom is -0.497 e. The van der Waals surface area contributed by atoms with E-state index in [1.807, 2.05) is 6.07 Å². The van der Waals surface area contributed by atoms with Crippen molar-refractivity contribution in [1.29, 1.82) is 0 Å². The van der Waals surface area contributed by atoms with Crippen molar-refractivity contribution >= 4 is 11.6 Å². The van der Waals surface area contributed by atoms with Gasteiger partial charge in [-0.2, -0.15) is 0 Å². The number of carbonyl (C=O) groups excluding carboxylic acids is 1. The van der Waals surface area contributed by atoms with Gasteiger partial charge in [0, 0.05) is 6.07 Å². The predicted molar refractivity (Wildman–Crippen MR) is 77.6 cm³/mol. The van der Waals surface area contributed by atoms with Crippen molar-refractivity contribution in [1.82, 2.24) is 0 Å². The molecule has 0 fully saturated rings. The summed E-state index contributed by atoms with van der Waals surface area (Å²) >= 11 is 0. The molecule has 0 spiro atoms. The number of aliphatic hydroxyl groups excluding tert-OH is 1. The van der Waals surface area contributed by atoms with Crippen LogP contribution in [-0.4, -0.2) is 18.1 Å². The Morgan fingerprint density at radius 3 is 2.67 bits per heavy atom. The van der Waals surface area contributed by atoms with Crippen molar-refractivity contribution < 1.29 is 19.0 Å². The SMILES string of the molecule is COc1ccc(F)c(NC(=O)CC(O)c2ccccc2)c1. The van der Waals surface area contributed by atoms with Crippen LogP contribution >= 0.6 is 0 Å². The van der Waals surface area contributed by atoms with Gasteiger partial charge in [-0.25, -0.2) is 4.39 Å². The van der Waals surface area contributed by atoms with E-state index in [1.54, 1.807) is 24.3 Å². The van der Waals surface area contributed by atoms with Gasteiger partial charge in [0.05, 0.1) is 25.3 Å². The number of rotatable bonds is 5. The van der Waals surface area contributed by atoms with Crippen LogP contribution < -0.4 is 10.1 Å². The molecule has 2 aromatic carbocycles. The fraction of sp³-hybridized carbons (Fsp3) is 0.188. The molecular formula is C16H16FNO3. The lowest BCUT2D eigenvalue weighted by Crippen LogP contribution is -2.16. The molecule has 2 N–H and O–H groups in total. The second-order valence-electron chi connectivity index (χ2n) is 4.52. The van der Waals surface area contributed by atoms with Gasteiger partial charge in [-0.15, -0.1) is 0 Å². The summed E-state index contributed by atoms with van der Waals surface area (Å²) in [6, 6.07) is 12.9. The summed E-state index contributed by atoms with van der Waals surface area (Å²) in [5, 5.41) is 12.4. The molecule has 2 rings (SSSR count). The summed E-state index contributed by atoms with van der Waals surface area (Å²) in [6.45, 7) is 0. The number of anilines is 1. The fourth-order valence-electron chi connectivity index (χ4n) is 1.90. The first-order valence-electron chi connectivity index (χ1n) is 6.46. The Balaban J connectivity index is 2.02. The van der Waals surface area contributed by atoms with Gasteiger partial charge >= 0.3 is 0 Å². The van der Waals surface area contributed by atoms with E-state index >= 15 is 0 Å². The molecule has 0 aliphatic rings. The van der Waals surface area contributed by atoms with Crippen LogP contribution in [0.15, 0.2) is 48.5 Å². The number of hydrogen-bond donors (Lipinski definition) is 2. The zero-order chi connectivity index (χ0) is 15.2. The molecule has 21 heavy (non-hydrogen) atoms. The molecule has 110 valence electrons. The molecule has 0 aromatic heterocycles. The normalized spacial score (nSPS) is 11.8. The monoisotopic (exact) mass is 289 g/mol. The van der Waals surface area contributed by atoms with Crippen LogP contribution in [0.25, 0.3) is 0 Å². The molecule has 4 nitrogen and oxygen atoms in total. The highest BCUT2D eigenvalue weighted by Gasteiger charge is 2.14. The van der Waals surface area contributed by atoms with Crippen molar-refractivity contribution in [2.45, 2.75) is 12.5 Å². The van der Waals surface area contributed by atoms with Crippen molar-refractivity contribution in [2.24, 2.45) is 0 Å². The third-order valence-corrected chi connectivity index (χ3v) is 3.01. The highest BCUT2D eigenvalue weighted by molar-refractivity contribution is 5.91. The van der Waals surface area contributed by atoms with Crippen LogP contribution in [0, 0.1) is 5.82 Å². The molecule has 0 aliphatic heterocycles. The third kappa shape index (κ3) is 4.03. The smallest absolute Gasteiger partial charge is 0.227 e. The van der Waals surface area contributed by atoms with Gasteiger partial charge in [0.2, 0.25) is 5.91 Å². The lowest BCUT2D eigenvalue weighted by atomic mass is 10.1. The van der Waals surface area contributed by atoms with Gasteiger partial charge in [0.25, 0.3) is 0 Å². The first-order valence-corrected chi connectivity index (χ1v) is 6.46. The van der Waals surface area contributed by atoms with E-state index in [0.29, 0.717) is 11.3 Å². The van der Waals surface area contributed by atoms with E-state index in [4.69, 9.17) is 4.74 Å². The quantitative estimate of drug-likeness (QED) is 0.889. The third-order valence-electron chi connectivity index (χ3n) is 3.01. The van der Waals surface area contributed by atoms with E-state index in [1.165, 1.54) is 25.3 Å². The fourth-order valence-corrected chi connectivity index (χ4v) is 1.90. The number of ether oxygens (including phenoxy) is 1. The lowest BCUT2D eigenvalue weighted by molar-refractivity contribution is -0.118. The molecule has 1 atom stereocenters. The standard InChI is InChI=1S/C16H16FNO3/c1-21-12-7-8-13(17)14(9-12)18-16(20)10-15(19)11-5-3-2-4-6-11/h2-9,15,19H,10H2,1H3,(H,18,20). The Labute approximate surface area is 122 Å². The Bertz CT molecular complexity index is 616. The molecule has 0 saturated carbocycles. The highest BCUT2D eigenvalue weighted by Crippen LogP contribution is 2.22. The molecule has 0 aliphatic carbocycles. The number of benzene rings is 2. The molecule has 2 aromatic rings. The van der Waals surface area contributed by atoms with Crippen LogP contribution in [0.5, 0.6) is 5.75 Å². The summed E-state index contributed by atoms with van der Waals surface area (Å²) in [5.74, 6) is -0.591. The Kier molecular flexibility index (Phi) is 4.90. The van der Waals surface area contributed by atoms with E-state index in [9.17, 15) is 14.3 Å². The lowest BCUT2D eigenvalue weighted by Gasteiger charge is -2.12. The highest BCUT2D eigenvalue weighted by atomic mass is 19.1. The minimum atomic E-state index is -0.931. The van der Waals surface area contributed by atoms with Gasteiger partial charge in [-0.1, -0.05) is 30.3 Å². The number of halogens is 1. The van der Waals surface area contributed by atoms with Crippen molar-refractivity contribution in [3.8, 4) is 5.75 Å². The van der Waals surface area contributed by atoms with Gasteiger partial charge < -0.3 is 15.2 Å². The van der Waals surface area contributed by atoms with Crippen molar-refractivity contribution in [3.63, 3.8) is 0 Å². The molecule has 1 amide bonds. The first-order chi connectivity index (χ1) is 10.1. The van der Waals surface area contributed by atoms with E-state index in [-0.39, 0.29) is 12.1 Å². The number of amides is 1. The predicted octanol–water partition coefficient (Wildman–Crippen LogP) is 2.90. The maximum Gasteiger partial charge on any atom is 0.227 e. The van der Waals surface area contributed by atoms with Crippen LogP contribution in [-0.2, 0) is 4.79 Å². The van der Waals surface area contributed by atoms with Crippen LogP contribution in [0.2, 0.25) is 0 Å². The number of carbonyl (C=O) groups is 1. The Hall–Kier alpha value is -2.40. The van der Waals surface area contributed by atoms with Gasteiger partial charge in [-0.05, 0) is 17.7 Å². The number of nitrogens with one attached hydrogen (secondary N) is 1. The average Bonchev–Trinajstić information content (AvgIpc) is 2.50. The topological polar surface area (TPSA) is 58.6 Å². The summed E-state index contributed by atoms with van der Waals surface area (Å²) in [6.07, 6.45) is -1.08. The van der Waals surface area contributed by atoms with Crippen LogP contribution in [0.1, 0.15) is 18.1 Å². The molecule has 5 heteroatoms. The van der Waals surface area contributed by atoms with Gasteiger partial charge in [0.15, 0.2) is 0 Å². The molecule has 1 unspecified atom stereocenters.